The molecular weight excluding hydrogens is 324 g/mol. The van der Waals surface area contributed by atoms with E-state index < -0.39 is 0 Å². The fraction of sp³-hybridized carbons (Fsp3) is 0.409. The van der Waals surface area contributed by atoms with Crippen LogP contribution in [0.2, 0.25) is 0 Å². The van der Waals surface area contributed by atoms with Gasteiger partial charge in [-0.3, -0.25) is 9.69 Å². The van der Waals surface area contributed by atoms with E-state index in [0.717, 1.165) is 50.5 Å². The van der Waals surface area contributed by atoms with Crippen molar-refractivity contribution in [2.75, 3.05) is 26.2 Å². The van der Waals surface area contributed by atoms with Crippen molar-refractivity contribution in [3.8, 4) is 5.75 Å². The first-order valence-electron chi connectivity index (χ1n) is 9.51. The summed E-state index contributed by atoms with van der Waals surface area (Å²) in [7, 11) is 0. The molecule has 2 aliphatic heterocycles. The van der Waals surface area contributed by atoms with Crippen molar-refractivity contribution in [3.05, 3.63) is 65.2 Å². The Labute approximate surface area is 155 Å². The van der Waals surface area contributed by atoms with Crippen LogP contribution in [-0.2, 0) is 17.8 Å². The molecule has 0 bridgehead atoms. The lowest BCUT2D eigenvalue weighted by atomic mass is 10.1. The highest BCUT2D eigenvalue weighted by Gasteiger charge is 2.32. The third-order valence-electron chi connectivity index (χ3n) is 5.48. The summed E-state index contributed by atoms with van der Waals surface area (Å²) in [6, 6.07) is 16.5. The number of benzene rings is 2. The number of amides is 1. The Morgan fingerprint density at radius 2 is 1.85 bits per heavy atom. The first-order valence-corrected chi connectivity index (χ1v) is 9.51. The quantitative estimate of drug-likeness (QED) is 0.853. The molecule has 4 rings (SSSR count). The molecular formula is C22H26N2O2. The van der Waals surface area contributed by atoms with Gasteiger partial charge in [0.15, 0.2) is 6.10 Å². The van der Waals surface area contributed by atoms with Gasteiger partial charge in [-0.1, -0.05) is 42.5 Å². The van der Waals surface area contributed by atoms with Crippen molar-refractivity contribution in [2.45, 2.75) is 32.4 Å². The molecule has 1 amide bonds. The van der Waals surface area contributed by atoms with Crippen LogP contribution >= 0.6 is 0 Å². The summed E-state index contributed by atoms with van der Waals surface area (Å²) in [5.41, 5.74) is 3.85. The van der Waals surface area contributed by atoms with Crippen molar-refractivity contribution < 1.29 is 9.53 Å². The number of fused-ring (bicyclic) bond motifs is 1. The van der Waals surface area contributed by atoms with Crippen LogP contribution in [0.4, 0.5) is 0 Å². The monoisotopic (exact) mass is 350 g/mol. The molecule has 1 fully saturated rings. The number of aryl methyl sites for hydroxylation is 1. The number of hydrogen-bond donors (Lipinski definition) is 0. The van der Waals surface area contributed by atoms with Crippen LogP contribution in [0.15, 0.2) is 48.5 Å². The Morgan fingerprint density at radius 3 is 2.69 bits per heavy atom. The van der Waals surface area contributed by atoms with Crippen LogP contribution in [0.3, 0.4) is 0 Å². The number of carbonyl (C=O) groups excluding carboxylic acids is 1. The summed E-state index contributed by atoms with van der Waals surface area (Å²) in [6.07, 6.45) is 1.35. The van der Waals surface area contributed by atoms with Gasteiger partial charge in [-0.05, 0) is 36.1 Å². The molecule has 0 radical (unpaired) electrons. The Kier molecular flexibility index (Phi) is 4.93. The van der Waals surface area contributed by atoms with Crippen LogP contribution < -0.4 is 4.74 Å². The molecule has 2 aromatic rings. The van der Waals surface area contributed by atoms with Crippen LogP contribution in [-0.4, -0.2) is 48.0 Å². The molecule has 4 heteroatoms. The summed E-state index contributed by atoms with van der Waals surface area (Å²) in [4.78, 5) is 17.4. The lowest BCUT2D eigenvalue weighted by Gasteiger charge is -2.24. The molecule has 2 aromatic carbocycles. The third-order valence-corrected chi connectivity index (χ3v) is 5.48. The highest BCUT2D eigenvalue weighted by atomic mass is 16.5. The zero-order valence-electron chi connectivity index (χ0n) is 15.4. The lowest BCUT2D eigenvalue weighted by molar-refractivity contribution is -0.137. The van der Waals surface area contributed by atoms with Gasteiger partial charge in [-0.2, -0.15) is 0 Å². The highest BCUT2D eigenvalue weighted by molar-refractivity contribution is 5.82. The van der Waals surface area contributed by atoms with Crippen molar-refractivity contribution in [1.29, 1.82) is 0 Å². The average Bonchev–Trinajstić information content (AvgIpc) is 2.96. The molecule has 0 spiro atoms. The van der Waals surface area contributed by atoms with Crippen LogP contribution in [0, 0.1) is 6.92 Å². The maximum atomic E-state index is 12.9. The molecule has 4 nitrogen and oxygen atoms in total. The predicted molar refractivity (Wildman–Crippen MR) is 102 cm³/mol. The second-order valence-corrected chi connectivity index (χ2v) is 7.30. The second-order valence-electron chi connectivity index (χ2n) is 7.30. The van der Waals surface area contributed by atoms with E-state index in [9.17, 15) is 4.79 Å². The number of carbonyl (C=O) groups is 1. The average molecular weight is 350 g/mol. The smallest absolute Gasteiger partial charge is 0.264 e. The third kappa shape index (κ3) is 3.61. The molecule has 0 saturated carbocycles. The van der Waals surface area contributed by atoms with E-state index in [1.807, 2.05) is 23.1 Å². The van der Waals surface area contributed by atoms with E-state index in [1.54, 1.807) is 0 Å². The molecule has 26 heavy (non-hydrogen) atoms. The Bertz CT molecular complexity index is 764. The maximum absolute atomic E-state index is 12.9. The van der Waals surface area contributed by atoms with Crippen molar-refractivity contribution >= 4 is 5.91 Å². The number of hydrogen-bond acceptors (Lipinski definition) is 3. The minimum atomic E-state index is -0.352. The SMILES string of the molecule is Cc1ccccc1CN1CCCN(C(=O)[C@H]2Cc3ccccc3O2)CC1. The largest absolute Gasteiger partial charge is 0.480 e. The minimum Gasteiger partial charge on any atom is -0.480 e. The lowest BCUT2D eigenvalue weighted by Crippen LogP contribution is -2.43. The molecule has 0 unspecified atom stereocenters. The van der Waals surface area contributed by atoms with E-state index in [0.29, 0.717) is 6.42 Å². The van der Waals surface area contributed by atoms with Crippen molar-refractivity contribution in [2.24, 2.45) is 0 Å². The summed E-state index contributed by atoms with van der Waals surface area (Å²) < 4.78 is 5.90. The number of nitrogens with zero attached hydrogens (tertiary/aromatic N) is 2. The fourth-order valence-corrected chi connectivity index (χ4v) is 3.90. The Morgan fingerprint density at radius 1 is 1.04 bits per heavy atom. The molecule has 1 atom stereocenters. The molecule has 0 aromatic heterocycles. The van der Waals surface area contributed by atoms with E-state index in [4.69, 9.17) is 4.74 Å². The van der Waals surface area contributed by atoms with Gasteiger partial charge in [0.2, 0.25) is 0 Å². The zero-order chi connectivity index (χ0) is 17.9. The van der Waals surface area contributed by atoms with Crippen molar-refractivity contribution in [1.82, 2.24) is 9.80 Å². The molecule has 2 aliphatic rings. The number of ether oxygens (including phenoxy) is 1. The topological polar surface area (TPSA) is 32.8 Å². The van der Waals surface area contributed by atoms with E-state index in [-0.39, 0.29) is 12.0 Å². The van der Waals surface area contributed by atoms with Crippen molar-refractivity contribution in [3.63, 3.8) is 0 Å². The van der Waals surface area contributed by atoms with Gasteiger partial charge in [-0.15, -0.1) is 0 Å². The standard InChI is InChI=1S/C22H26N2O2/c1-17-7-2-3-9-19(17)16-23-11-6-12-24(14-13-23)22(25)21-15-18-8-4-5-10-20(18)26-21/h2-5,7-10,21H,6,11-16H2,1H3/t21-/m1/s1. The van der Waals surface area contributed by atoms with E-state index in [1.165, 1.54) is 11.1 Å². The molecule has 136 valence electrons. The van der Waals surface area contributed by atoms with Gasteiger partial charge in [0, 0.05) is 39.1 Å². The molecule has 1 saturated heterocycles. The summed E-state index contributed by atoms with van der Waals surface area (Å²) in [5.74, 6) is 1.00. The van der Waals surface area contributed by atoms with Crippen LogP contribution in [0.1, 0.15) is 23.1 Å². The maximum Gasteiger partial charge on any atom is 0.264 e. The van der Waals surface area contributed by atoms with Gasteiger partial charge in [0.1, 0.15) is 5.75 Å². The predicted octanol–water partition coefficient (Wildman–Crippen LogP) is 3.03. The van der Waals surface area contributed by atoms with Crippen LogP contribution in [0.5, 0.6) is 5.75 Å². The van der Waals surface area contributed by atoms with Gasteiger partial charge in [0.25, 0.3) is 5.91 Å². The zero-order valence-corrected chi connectivity index (χ0v) is 15.4. The Hall–Kier alpha value is -2.33. The van der Waals surface area contributed by atoms with Gasteiger partial charge < -0.3 is 9.64 Å². The van der Waals surface area contributed by atoms with Gasteiger partial charge in [-0.25, -0.2) is 0 Å². The fourth-order valence-electron chi connectivity index (χ4n) is 3.90. The van der Waals surface area contributed by atoms with Crippen LogP contribution in [0.25, 0.3) is 0 Å². The molecule has 0 N–H and O–H groups in total. The van der Waals surface area contributed by atoms with Gasteiger partial charge in [0.05, 0.1) is 0 Å². The normalized spacial score (nSPS) is 20.3. The highest BCUT2D eigenvalue weighted by Crippen LogP contribution is 2.29. The first kappa shape index (κ1) is 17.1. The van der Waals surface area contributed by atoms with E-state index >= 15 is 0 Å². The minimum absolute atomic E-state index is 0.138. The molecule has 0 aliphatic carbocycles. The summed E-state index contributed by atoms with van der Waals surface area (Å²) in [6.45, 7) is 6.67. The number of para-hydroxylation sites is 1. The number of rotatable bonds is 3. The second kappa shape index (κ2) is 7.50. The summed E-state index contributed by atoms with van der Waals surface area (Å²) >= 11 is 0. The first-order chi connectivity index (χ1) is 12.7. The summed E-state index contributed by atoms with van der Waals surface area (Å²) in [5, 5.41) is 0. The molecule has 2 heterocycles. The van der Waals surface area contributed by atoms with Gasteiger partial charge >= 0.3 is 0 Å². The van der Waals surface area contributed by atoms with E-state index in [2.05, 4.69) is 42.2 Å². The Balaban J connectivity index is 1.35.